The van der Waals surface area contributed by atoms with Crippen molar-refractivity contribution >= 4 is 11.9 Å². The molecule has 5 nitrogen and oxygen atoms in total. The van der Waals surface area contributed by atoms with Crippen molar-refractivity contribution < 1.29 is 9.59 Å². The zero-order valence-electron chi connectivity index (χ0n) is 15.3. The Hall–Kier alpha value is -1.26. The fourth-order valence-corrected chi connectivity index (χ4v) is 3.95. The lowest BCUT2D eigenvalue weighted by Gasteiger charge is -2.27. The summed E-state index contributed by atoms with van der Waals surface area (Å²) in [5.74, 6) is 0.219. The van der Waals surface area contributed by atoms with Gasteiger partial charge < -0.3 is 15.5 Å². The van der Waals surface area contributed by atoms with Crippen molar-refractivity contribution in [3.05, 3.63) is 0 Å². The van der Waals surface area contributed by atoms with Gasteiger partial charge in [0.2, 0.25) is 5.91 Å². The number of carbonyl (C=O) groups is 2. The van der Waals surface area contributed by atoms with Gasteiger partial charge in [0.15, 0.2) is 0 Å². The summed E-state index contributed by atoms with van der Waals surface area (Å²) in [7, 11) is 1.95. The van der Waals surface area contributed by atoms with Gasteiger partial charge in [0.05, 0.1) is 0 Å². The van der Waals surface area contributed by atoms with Gasteiger partial charge in [0.25, 0.3) is 0 Å². The minimum Gasteiger partial charge on any atom is -0.343 e. The third-order valence-corrected chi connectivity index (χ3v) is 5.56. The van der Waals surface area contributed by atoms with E-state index in [0.29, 0.717) is 31.5 Å². The molecule has 24 heavy (non-hydrogen) atoms. The van der Waals surface area contributed by atoms with Crippen LogP contribution in [0.25, 0.3) is 0 Å². The van der Waals surface area contributed by atoms with Gasteiger partial charge in [-0.1, -0.05) is 44.9 Å². The summed E-state index contributed by atoms with van der Waals surface area (Å²) in [5, 5.41) is 5.94. The average molecular weight is 338 g/mol. The van der Waals surface area contributed by atoms with E-state index >= 15 is 0 Å². The Morgan fingerprint density at radius 1 is 0.917 bits per heavy atom. The Kier molecular flexibility index (Phi) is 8.40. The summed E-state index contributed by atoms with van der Waals surface area (Å²) in [4.78, 5) is 26.1. The number of hydrogen-bond donors (Lipinski definition) is 2. The van der Waals surface area contributed by atoms with E-state index in [1.807, 2.05) is 11.9 Å². The van der Waals surface area contributed by atoms with Crippen LogP contribution in [-0.4, -0.2) is 42.5 Å². The quantitative estimate of drug-likeness (QED) is 0.575. The highest BCUT2D eigenvalue weighted by Gasteiger charge is 2.21. The van der Waals surface area contributed by atoms with Crippen molar-refractivity contribution in [1.29, 1.82) is 0 Å². The molecule has 0 spiro atoms. The van der Waals surface area contributed by atoms with Crippen LogP contribution < -0.4 is 10.6 Å². The Morgan fingerprint density at radius 3 is 2.17 bits per heavy atom. The first-order valence-electron chi connectivity index (χ1n) is 9.97. The molecule has 2 N–H and O–H groups in total. The molecular formula is C19H35N3O2. The summed E-state index contributed by atoms with van der Waals surface area (Å²) in [5.41, 5.74) is 0. The number of rotatable bonds is 6. The summed E-state index contributed by atoms with van der Waals surface area (Å²) >= 11 is 0. The highest BCUT2D eigenvalue weighted by Crippen LogP contribution is 2.21. The van der Waals surface area contributed by atoms with Crippen LogP contribution >= 0.6 is 0 Å². The normalized spacial score (nSPS) is 20.2. The molecule has 0 unspecified atom stereocenters. The van der Waals surface area contributed by atoms with Crippen LogP contribution in [-0.2, 0) is 4.79 Å². The number of carbonyl (C=O) groups excluding carboxylic acids is 2. The molecule has 0 radical (unpaired) electrons. The zero-order chi connectivity index (χ0) is 17.2. The van der Waals surface area contributed by atoms with Gasteiger partial charge in [-0.25, -0.2) is 4.79 Å². The largest absolute Gasteiger partial charge is 0.343 e. The van der Waals surface area contributed by atoms with E-state index in [1.54, 1.807) is 0 Å². The highest BCUT2D eigenvalue weighted by atomic mass is 16.2. The Labute approximate surface area is 146 Å². The molecule has 0 aromatic heterocycles. The molecule has 0 aromatic carbocycles. The molecule has 2 saturated carbocycles. The molecule has 2 fully saturated rings. The second-order valence-electron chi connectivity index (χ2n) is 7.49. The maximum atomic E-state index is 12.3. The lowest BCUT2D eigenvalue weighted by molar-refractivity contribution is -0.132. The number of nitrogens with zero attached hydrogens (tertiary/aromatic N) is 1. The fourth-order valence-electron chi connectivity index (χ4n) is 3.95. The molecule has 138 valence electrons. The molecule has 0 bridgehead atoms. The maximum Gasteiger partial charge on any atom is 0.315 e. The van der Waals surface area contributed by atoms with Crippen molar-refractivity contribution in [1.82, 2.24) is 15.5 Å². The van der Waals surface area contributed by atoms with Gasteiger partial charge >= 0.3 is 6.03 Å². The molecule has 2 aliphatic carbocycles. The number of urea groups is 1. The van der Waals surface area contributed by atoms with E-state index in [2.05, 4.69) is 10.6 Å². The smallest absolute Gasteiger partial charge is 0.315 e. The molecule has 0 saturated heterocycles. The standard InChI is InChI=1S/C19H35N3O2/c1-22(17-12-7-2-3-8-13-17)18(23)14-9-15-20-19(24)21-16-10-5-4-6-11-16/h16-17H,2-15H2,1H3,(H2,20,21,24). The van der Waals surface area contributed by atoms with Crippen LogP contribution in [0.1, 0.15) is 83.5 Å². The van der Waals surface area contributed by atoms with E-state index in [4.69, 9.17) is 0 Å². The molecule has 0 atom stereocenters. The Bertz CT molecular complexity index is 386. The van der Waals surface area contributed by atoms with Crippen molar-refractivity contribution in [2.75, 3.05) is 13.6 Å². The van der Waals surface area contributed by atoms with Crippen molar-refractivity contribution in [3.63, 3.8) is 0 Å². The summed E-state index contributed by atoms with van der Waals surface area (Å²) < 4.78 is 0. The van der Waals surface area contributed by atoms with Crippen molar-refractivity contribution in [3.8, 4) is 0 Å². The third kappa shape index (κ3) is 6.70. The van der Waals surface area contributed by atoms with Crippen LogP contribution in [0.4, 0.5) is 4.79 Å². The topological polar surface area (TPSA) is 61.4 Å². The summed E-state index contributed by atoms with van der Waals surface area (Å²) in [6.07, 6.45) is 14.5. The molecule has 2 aliphatic rings. The van der Waals surface area contributed by atoms with E-state index in [0.717, 1.165) is 25.7 Å². The van der Waals surface area contributed by atoms with Gasteiger partial charge in [-0.2, -0.15) is 0 Å². The Balaban J connectivity index is 1.57. The lowest BCUT2D eigenvalue weighted by atomic mass is 9.96. The third-order valence-electron chi connectivity index (χ3n) is 5.56. The molecule has 5 heteroatoms. The van der Waals surface area contributed by atoms with Gasteiger partial charge in [0.1, 0.15) is 0 Å². The molecule has 0 heterocycles. The highest BCUT2D eigenvalue weighted by molar-refractivity contribution is 5.76. The second-order valence-corrected chi connectivity index (χ2v) is 7.49. The molecule has 0 aromatic rings. The van der Waals surface area contributed by atoms with E-state index in [-0.39, 0.29) is 11.9 Å². The van der Waals surface area contributed by atoms with Gasteiger partial charge in [-0.3, -0.25) is 4.79 Å². The van der Waals surface area contributed by atoms with E-state index in [9.17, 15) is 9.59 Å². The van der Waals surface area contributed by atoms with Crippen molar-refractivity contribution in [2.24, 2.45) is 0 Å². The molecular weight excluding hydrogens is 302 g/mol. The Morgan fingerprint density at radius 2 is 1.50 bits per heavy atom. The second kappa shape index (κ2) is 10.6. The predicted molar refractivity (Wildman–Crippen MR) is 96.9 cm³/mol. The van der Waals surface area contributed by atoms with Gasteiger partial charge in [-0.15, -0.1) is 0 Å². The van der Waals surface area contributed by atoms with Crippen LogP contribution in [0.2, 0.25) is 0 Å². The van der Waals surface area contributed by atoms with Gasteiger partial charge in [0, 0.05) is 32.1 Å². The summed E-state index contributed by atoms with van der Waals surface area (Å²) in [6.45, 7) is 0.572. The maximum absolute atomic E-state index is 12.3. The van der Waals surface area contributed by atoms with E-state index in [1.165, 1.54) is 44.9 Å². The zero-order valence-corrected chi connectivity index (χ0v) is 15.3. The van der Waals surface area contributed by atoms with E-state index < -0.39 is 0 Å². The van der Waals surface area contributed by atoms with Crippen LogP contribution in [0.5, 0.6) is 0 Å². The monoisotopic (exact) mass is 337 g/mol. The first-order chi connectivity index (χ1) is 11.7. The predicted octanol–water partition coefficient (Wildman–Crippen LogP) is 3.58. The van der Waals surface area contributed by atoms with Crippen LogP contribution in [0.3, 0.4) is 0 Å². The van der Waals surface area contributed by atoms with Gasteiger partial charge in [-0.05, 0) is 32.1 Å². The first-order valence-corrected chi connectivity index (χ1v) is 9.97. The summed E-state index contributed by atoms with van der Waals surface area (Å²) in [6, 6.07) is 0.677. The van der Waals surface area contributed by atoms with Crippen LogP contribution in [0, 0.1) is 0 Å². The molecule has 2 rings (SSSR count). The lowest BCUT2D eigenvalue weighted by Crippen LogP contribution is -2.43. The first kappa shape index (κ1) is 19.1. The number of amides is 3. The minimum atomic E-state index is -0.0773. The average Bonchev–Trinajstić information content (AvgIpc) is 2.88. The number of hydrogen-bond acceptors (Lipinski definition) is 2. The SMILES string of the molecule is CN(C(=O)CCCNC(=O)NC1CCCCC1)C1CCCCCC1. The molecule has 3 amide bonds. The number of nitrogens with one attached hydrogen (secondary N) is 2. The fraction of sp³-hybridized carbons (Fsp3) is 0.895. The molecule has 0 aliphatic heterocycles. The van der Waals surface area contributed by atoms with Crippen LogP contribution in [0.15, 0.2) is 0 Å². The van der Waals surface area contributed by atoms with Crippen molar-refractivity contribution in [2.45, 2.75) is 95.6 Å². The minimum absolute atomic E-state index is 0.0773.